The Morgan fingerprint density at radius 3 is 2.47 bits per heavy atom. The molecular formula is C11H11N3O4S. The fraction of sp³-hybridized carbons (Fsp3) is 0.182. The number of nitrogens with zero attached hydrogens (tertiary/aromatic N) is 3. The van der Waals surface area contributed by atoms with E-state index in [9.17, 15) is 15.0 Å². The lowest BCUT2D eigenvalue weighted by Crippen LogP contribution is -2.00. The smallest absolute Gasteiger partial charge is 0.313 e. The van der Waals surface area contributed by atoms with E-state index in [4.69, 9.17) is 5.11 Å². The van der Waals surface area contributed by atoms with Crippen LogP contribution in [0.5, 0.6) is 11.5 Å². The minimum Gasteiger partial charge on any atom is -0.508 e. The molecule has 0 spiro atoms. The molecule has 1 heterocycles. The van der Waals surface area contributed by atoms with Gasteiger partial charge in [0, 0.05) is 18.7 Å². The Kier molecular flexibility index (Phi) is 3.61. The van der Waals surface area contributed by atoms with Crippen molar-refractivity contribution in [1.29, 1.82) is 0 Å². The molecule has 0 aliphatic rings. The minimum absolute atomic E-state index is 0.0854. The first-order valence-electron chi connectivity index (χ1n) is 5.24. The summed E-state index contributed by atoms with van der Waals surface area (Å²) in [5.74, 6) is -0.795. The summed E-state index contributed by atoms with van der Waals surface area (Å²) in [6.45, 7) is 0. The van der Waals surface area contributed by atoms with E-state index in [0.717, 1.165) is 11.8 Å². The molecule has 7 nitrogen and oxygen atoms in total. The Bertz CT molecular complexity index is 606. The van der Waals surface area contributed by atoms with Gasteiger partial charge in [-0.05, 0) is 12.1 Å². The number of carboxylic acid groups (broad SMARTS) is 1. The average molecular weight is 281 g/mol. The molecule has 0 saturated carbocycles. The van der Waals surface area contributed by atoms with Gasteiger partial charge >= 0.3 is 5.97 Å². The standard InChI is InChI=1S/C11H11N3O4S/c1-14-10(6-2-7(15)4-8(16)3-6)12-13-11(14)19-5-9(17)18/h2-4,15-16H,5H2,1H3,(H,17,18). The first-order valence-corrected chi connectivity index (χ1v) is 6.23. The van der Waals surface area contributed by atoms with Gasteiger partial charge in [-0.1, -0.05) is 11.8 Å². The van der Waals surface area contributed by atoms with E-state index in [2.05, 4.69) is 10.2 Å². The number of aromatic nitrogens is 3. The van der Waals surface area contributed by atoms with Crippen molar-refractivity contribution in [2.24, 2.45) is 7.05 Å². The zero-order chi connectivity index (χ0) is 14.0. The van der Waals surface area contributed by atoms with Gasteiger partial charge in [0.25, 0.3) is 0 Å². The van der Waals surface area contributed by atoms with Crippen LogP contribution in [0.1, 0.15) is 0 Å². The highest BCUT2D eigenvalue weighted by Gasteiger charge is 2.13. The van der Waals surface area contributed by atoms with Gasteiger partial charge in [-0.25, -0.2) is 0 Å². The Balaban J connectivity index is 2.33. The van der Waals surface area contributed by atoms with Crippen molar-refractivity contribution in [3.8, 4) is 22.9 Å². The SMILES string of the molecule is Cn1c(SCC(=O)O)nnc1-c1cc(O)cc(O)c1. The molecule has 8 heteroatoms. The van der Waals surface area contributed by atoms with Gasteiger partial charge in [0.1, 0.15) is 11.5 Å². The van der Waals surface area contributed by atoms with E-state index >= 15 is 0 Å². The summed E-state index contributed by atoms with van der Waals surface area (Å²) in [6.07, 6.45) is 0. The molecule has 100 valence electrons. The Morgan fingerprint density at radius 2 is 1.89 bits per heavy atom. The van der Waals surface area contributed by atoms with Gasteiger partial charge in [-0.3, -0.25) is 4.79 Å². The Morgan fingerprint density at radius 1 is 1.26 bits per heavy atom. The third-order valence-corrected chi connectivity index (χ3v) is 3.33. The second-order valence-electron chi connectivity index (χ2n) is 3.79. The lowest BCUT2D eigenvalue weighted by molar-refractivity contribution is -0.133. The minimum atomic E-state index is -0.940. The highest BCUT2D eigenvalue weighted by atomic mass is 32.2. The van der Waals surface area contributed by atoms with E-state index in [1.54, 1.807) is 11.6 Å². The maximum absolute atomic E-state index is 10.5. The second-order valence-corrected chi connectivity index (χ2v) is 4.73. The number of thioether (sulfide) groups is 1. The zero-order valence-electron chi connectivity index (χ0n) is 9.94. The first-order chi connectivity index (χ1) is 8.97. The molecule has 1 aromatic heterocycles. The van der Waals surface area contributed by atoms with E-state index in [1.165, 1.54) is 18.2 Å². The van der Waals surface area contributed by atoms with Crippen LogP contribution < -0.4 is 0 Å². The average Bonchev–Trinajstić information content (AvgIpc) is 2.66. The molecule has 0 amide bonds. The third-order valence-electron chi connectivity index (χ3n) is 2.32. The molecule has 0 unspecified atom stereocenters. The highest BCUT2D eigenvalue weighted by Crippen LogP contribution is 2.28. The molecule has 0 atom stereocenters. The van der Waals surface area contributed by atoms with Crippen LogP contribution in [0.2, 0.25) is 0 Å². The van der Waals surface area contributed by atoms with E-state index in [1.807, 2.05) is 0 Å². The lowest BCUT2D eigenvalue weighted by Gasteiger charge is -2.04. The molecular weight excluding hydrogens is 270 g/mol. The highest BCUT2D eigenvalue weighted by molar-refractivity contribution is 7.99. The number of carbonyl (C=O) groups is 1. The van der Waals surface area contributed by atoms with Crippen molar-refractivity contribution in [3.63, 3.8) is 0 Å². The monoisotopic (exact) mass is 281 g/mol. The van der Waals surface area contributed by atoms with Crippen LogP contribution in [0.15, 0.2) is 23.4 Å². The lowest BCUT2D eigenvalue weighted by atomic mass is 10.2. The van der Waals surface area contributed by atoms with Crippen molar-refractivity contribution < 1.29 is 20.1 Å². The van der Waals surface area contributed by atoms with Gasteiger partial charge in [0.15, 0.2) is 11.0 Å². The molecule has 0 radical (unpaired) electrons. The Hall–Kier alpha value is -2.22. The number of aliphatic carboxylic acids is 1. The number of hydrogen-bond donors (Lipinski definition) is 3. The predicted octanol–water partition coefficient (Wildman–Crippen LogP) is 1.07. The van der Waals surface area contributed by atoms with E-state index < -0.39 is 5.97 Å². The number of phenolic OH excluding ortho intramolecular Hbond substituents is 2. The second kappa shape index (κ2) is 5.19. The third kappa shape index (κ3) is 2.97. The number of hydrogen-bond acceptors (Lipinski definition) is 6. The predicted molar refractivity (Wildman–Crippen MR) is 68.1 cm³/mol. The summed E-state index contributed by atoms with van der Waals surface area (Å²) < 4.78 is 1.60. The summed E-state index contributed by atoms with van der Waals surface area (Å²) in [6, 6.07) is 4.09. The van der Waals surface area contributed by atoms with Crippen LogP contribution in [-0.2, 0) is 11.8 Å². The molecule has 19 heavy (non-hydrogen) atoms. The fourth-order valence-electron chi connectivity index (χ4n) is 1.54. The molecule has 0 fully saturated rings. The van der Waals surface area contributed by atoms with Crippen LogP contribution in [0, 0.1) is 0 Å². The summed E-state index contributed by atoms with van der Waals surface area (Å²) in [5, 5.41) is 35.7. The van der Waals surface area contributed by atoms with Crippen molar-refractivity contribution in [2.75, 3.05) is 5.75 Å². The van der Waals surface area contributed by atoms with Crippen molar-refractivity contribution in [2.45, 2.75) is 5.16 Å². The maximum atomic E-state index is 10.5. The quantitative estimate of drug-likeness (QED) is 0.719. The van der Waals surface area contributed by atoms with Gasteiger partial charge in [-0.15, -0.1) is 10.2 Å². The van der Waals surface area contributed by atoms with Crippen LogP contribution >= 0.6 is 11.8 Å². The van der Waals surface area contributed by atoms with Crippen molar-refractivity contribution in [1.82, 2.24) is 14.8 Å². The number of rotatable bonds is 4. The molecule has 0 aliphatic carbocycles. The molecule has 1 aromatic carbocycles. The van der Waals surface area contributed by atoms with E-state index in [0.29, 0.717) is 16.5 Å². The summed E-state index contributed by atoms with van der Waals surface area (Å²) >= 11 is 1.04. The molecule has 0 bridgehead atoms. The number of carboxylic acids is 1. The number of benzene rings is 1. The van der Waals surface area contributed by atoms with Crippen LogP contribution in [0.3, 0.4) is 0 Å². The molecule has 2 aromatic rings. The molecule has 0 aliphatic heterocycles. The zero-order valence-corrected chi connectivity index (χ0v) is 10.8. The van der Waals surface area contributed by atoms with Crippen LogP contribution in [0.25, 0.3) is 11.4 Å². The summed E-state index contributed by atoms with van der Waals surface area (Å²) in [5.41, 5.74) is 0.495. The first kappa shape index (κ1) is 13.2. The fourth-order valence-corrected chi connectivity index (χ4v) is 2.17. The summed E-state index contributed by atoms with van der Waals surface area (Å²) in [7, 11) is 1.68. The van der Waals surface area contributed by atoms with E-state index in [-0.39, 0.29) is 17.3 Å². The van der Waals surface area contributed by atoms with Crippen molar-refractivity contribution >= 4 is 17.7 Å². The van der Waals surface area contributed by atoms with Gasteiger partial charge < -0.3 is 19.9 Å². The van der Waals surface area contributed by atoms with Crippen LogP contribution in [-0.4, -0.2) is 41.8 Å². The number of aromatic hydroxyl groups is 2. The van der Waals surface area contributed by atoms with Crippen LogP contribution in [0.4, 0.5) is 0 Å². The summed E-state index contributed by atoms with van der Waals surface area (Å²) in [4.78, 5) is 10.5. The van der Waals surface area contributed by atoms with Crippen molar-refractivity contribution in [3.05, 3.63) is 18.2 Å². The molecule has 2 rings (SSSR count). The number of phenols is 2. The maximum Gasteiger partial charge on any atom is 0.313 e. The topological polar surface area (TPSA) is 108 Å². The van der Waals surface area contributed by atoms with Gasteiger partial charge in [0.05, 0.1) is 5.75 Å². The van der Waals surface area contributed by atoms with Gasteiger partial charge in [-0.2, -0.15) is 0 Å². The molecule has 3 N–H and O–H groups in total. The normalized spacial score (nSPS) is 10.6. The van der Waals surface area contributed by atoms with Gasteiger partial charge in [0.2, 0.25) is 0 Å². The largest absolute Gasteiger partial charge is 0.508 e. The Labute approximate surface area is 112 Å². The molecule has 0 saturated heterocycles.